The number of nitrogens with zero attached hydrogens (tertiary/aromatic N) is 2. The van der Waals surface area contributed by atoms with Crippen molar-refractivity contribution < 1.29 is 9.90 Å². The van der Waals surface area contributed by atoms with Gasteiger partial charge in [0.2, 0.25) is 0 Å². The van der Waals surface area contributed by atoms with Crippen LogP contribution in [0.5, 0.6) is 0 Å². The molecule has 0 amide bonds. The number of fused-ring (bicyclic) bond motifs is 1. The number of aromatic carboxylic acids is 1. The second-order valence-corrected chi connectivity index (χ2v) is 6.93. The summed E-state index contributed by atoms with van der Waals surface area (Å²) in [6.07, 6.45) is 1.29. The van der Waals surface area contributed by atoms with Gasteiger partial charge < -0.3 is 15.0 Å². The lowest BCUT2D eigenvalue weighted by molar-refractivity contribution is 0.0698. The minimum Gasteiger partial charge on any atom is -0.478 e. The Labute approximate surface area is 171 Å². The largest absolute Gasteiger partial charge is 0.478 e. The van der Waals surface area contributed by atoms with Gasteiger partial charge in [-0.15, -0.1) is 0 Å². The van der Waals surface area contributed by atoms with Gasteiger partial charge in [-0.3, -0.25) is 4.79 Å². The van der Waals surface area contributed by atoms with E-state index in [0.717, 1.165) is 5.56 Å². The van der Waals surface area contributed by atoms with Crippen molar-refractivity contribution in [3.05, 3.63) is 99.4 Å². The number of benzene rings is 3. The molecule has 0 saturated carbocycles. The smallest absolute Gasteiger partial charge is 0.337 e. The third-order valence-electron chi connectivity index (χ3n) is 4.52. The molecule has 0 spiro atoms. The lowest BCUT2D eigenvalue weighted by atomic mass is 10.1. The maximum Gasteiger partial charge on any atom is 0.337 e. The molecule has 4 rings (SSSR count). The van der Waals surface area contributed by atoms with Crippen molar-refractivity contribution in [2.24, 2.45) is 0 Å². The molecule has 3 aromatic carbocycles. The number of halogens is 1. The number of carboxylic acid groups (broad SMARTS) is 1. The molecule has 0 aliphatic heterocycles. The molecule has 7 heteroatoms. The Morgan fingerprint density at radius 1 is 1.07 bits per heavy atom. The second kappa shape index (κ2) is 7.77. The topological polar surface area (TPSA) is 84.2 Å². The van der Waals surface area contributed by atoms with Crippen LogP contribution >= 0.6 is 11.6 Å². The summed E-state index contributed by atoms with van der Waals surface area (Å²) in [5.74, 6) is -1.08. The highest BCUT2D eigenvalue weighted by Gasteiger charge is 2.12. The van der Waals surface area contributed by atoms with Gasteiger partial charge >= 0.3 is 5.97 Å². The standard InChI is InChI=1S/C22H16ClN3O3/c23-15-6-8-18(17(10-15)22(28)29)25-16-7-9-20-19(11-16)24-12-21(27)26(20)13-14-4-2-1-3-5-14/h1-12,25H,13H2,(H,28,29). The molecule has 2 N–H and O–H groups in total. The first-order chi connectivity index (χ1) is 14.0. The Kier molecular flexibility index (Phi) is 5.01. The fourth-order valence-corrected chi connectivity index (χ4v) is 3.31. The summed E-state index contributed by atoms with van der Waals surface area (Å²) in [6.45, 7) is 0.436. The number of hydrogen-bond acceptors (Lipinski definition) is 4. The van der Waals surface area contributed by atoms with E-state index in [2.05, 4.69) is 10.3 Å². The van der Waals surface area contributed by atoms with Gasteiger partial charge in [-0.2, -0.15) is 0 Å². The third-order valence-corrected chi connectivity index (χ3v) is 4.76. The predicted octanol–water partition coefficient (Wildman–Crippen LogP) is 4.54. The molecule has 0 aliphatic rings. The van der Waals surface area contributed by atoms with Crippen LogP contribution in [0.1, 0.15) is 15.9 Å². The Morgan fingerprint density at radius 3 is 2.62 bits per heavy atom. The summed E-state index contributed by atoms with van der Waals surface area (Å²) in [5, 5.41) is 12.8. The van der Waals surface area contributed by atoms with Gasteiger partial charge in [0.15, 0.2) is 0 Å². The Hall–Kier alpha value is -3.64. The van der Waals surface area contributed by atoms with E-state index in [1.54, 1.807) is 34.9 Å². The van der Waals surface area contributed by atoms with E-state index >= 15 is 0 Å². The average Bonchev–Trinajstić information content (AvgIpc) is 2.72. The van der Waals surface area contributed by atoms with Gasteiger partial charge in [0.1, 0.15) is 0 Å². The van der Waals surface area contributed by atoms with Crippen molar-refractivity contribution in [3.63, 3.8) is 0 Å². The summed E-state index contributed by atoms with van der Waals surface area (Å²) >= 11 is 5.91. The quantitative estimate of drug-likeness (QED) is 0.509. The number of carboxylic acids is 1. The van der Waals surface area contributed by atoms with Crippen molar-refractivity contribution in [1.82, 2.24) is 9.55 Å². The van der Waals surface area contributed by atoms with Gasteiger partial charge in [0.05, 0.1) is 35.0 Å². The summed E-state index contributed by atoms with van der Waals surface area (Å²) in [5.41, 5.74) is 3.28. The van der Waals surface area contributed by atoms with E-state index in [0.29, 0.717) is 34.0 Å². The van der Waals surface area contributed by atoms with E-state index in [4.69, 9.17) is 11.6 Å². The zero-order valence-corrected chi connectivity index (χ0v) is 15.9. The number of carbonyl (C=O) groups is 1. The molecule has 0 aliphatic carbocycles. The molecule has 0 radical (unpaired) electrons. The van der Waals surface area contributed by atoms with Gasteiger partial charge in [-0.25, -0.2) is 9.78 Å². The van der Waals surface area contributed by atoms with Crippen molar-refractivity contribution in [2.45, 2.75) is 6.54 Å². The van der Waals surface area contributed by atoms with Crippen molar-refractivity contribution >= 4 is 40.0 Å². The lowest BCUT2D eigenvalue weighted by Crippen LogP contribution is -2.21. The van der Waals surface area contributed by atoms with Crippen LogP contribution in [0.2, 0.25) is 5.02 Å². The summed E-state index contributed by atoms with van der Waals surface area (Å²) < 4.78 is 1.66. The minimum absolute atomic E-state index is 0.0691. The molecular formula is C22H16ClN3O3. The fourth-order valence-electron chi connectivity index (χ4n) is 3.13. The SMILES string of the molecule is O=C(O)c1cc(Cl)ccc1Nc1ccc2c(c1)ncc(=O)n2Cc1ccccc1. The first-order valence-electron chi connectivity index (χ1n) is 8.85. The molecular weight excluding hydrogens is 390 g/mol. The highest BCUT2D eigenvalue weighted by atomic mass is 35.5. The van der Waals surface area contributed by atoms with Crippen molar-refractivity contribution in [2.75, 3.05) is 5.32 Å². The third kappa shape index (κ3) is 3.97. The molecule has 0 bridgehead atoms. The number of rotatable bonds is 5. The second-order valence-electron chi connectivity index (χ2n) is 6.49. The Balaban J connectivity index is 1.72. The predicted molar refractivity (Wildman–Crippen MR) is 113 cm³/mol. The molecule has 4 aromatic rings. The highest BCUT2D eigenvalue weighted by Crippen LogP contribution is 2.26. The van der Waals surface area contributed by atoms with E-state index in [1.807, 2.05) is 30.3 Å². The number of hydrogen-bond donors (Lipinski definition) is 2. The van der Waals surface area contributed by atoms with Crippen molar-refractivity contribution in [3.8, 4) is 0 Å². The normalized spacial score (nSPS) is 10.8. The van der Waals surface area contributed by atoms with E-state index in [9.17, 15) is 14.7 Å². The maximum atomic E-state index is 12.4. The summed E-state index contributed by atoms with van der Waals surface area (Å²) in [6, 6.07) is 19.7. The van der Waals surface area contributed by atoms with Gasteiger partial charge in [-0.05, 0) is 42.0 Å². The molecule has 1 heterocycles. The first kappa shape index (κ1) is 18.7. The molecule has 0 unspecified atom stereocenters. The molecule has 0 atom stereocenters. The Morgan fingerprint density at radius 2 is 1.86 bits per heavy atom. The zero-order valence-electron chi connectivity index (χ0n) is 15.2. The van der Waals surface area contributed by atoms with Crippen LogP contribution in [0.4, 0.5) is 11.4 Å². The van der Waals surface area contributed by atoms with Crippen LogP contribution in [-0.4, -0.2) is 20.6 Å². The number of nitrogens with one attached hydrogen (secondary N) is 1. The molecule has 1 aromatic heterocycles. The lowest BCUT2D eigenvalue weighted by Gasteiger charge is -2.13. The highest BCUT2D eigenvalue weighted by molar-refractivity contribution is 6.31. The summed E-state index contributed by atoms with van der Waals surface area (Å²) in [4.78, 5) is 28.1. The van der Waals surface area contributed by atoms with E-state index < -0.39 is 5.97 Å². The van der Waals surface area contributed by atoms with Crippen LogP contribution < -0.4 is 10.9 Å². The molecule has 0 saturated heterocycles. The Bertz CT molecular complexity index is 1270. The van der Waals surface area contributed by atoms with E-state index in [1.165, 1.54) is 12.3 Å². The maximum absolute atomic E-state index is 12.4. The van der Waals surface area contributed by atoms with Gasteiger partial charge in [-0.1, -0.05) is 41.9 Å². The minimum atomic E-state index is -1.08. The molecule has 29 heavy (non-hydrogen) atoms. The number of anilines is 2. The molecule has 144 valence electrons. The van der Waals surface area contributed by atoms with E-state index in [-0.39, 0.29) is 11.1 Å². The summed E-state index contributed by atoms with van der Waals surface area (Å²) in [7, 11) is 0. The zero-order chi connectivity index (χ0) is 20.4. The average molecular weight is 406 g/mol. The van der Waals surface area contributed by atoms with Gasteiger partial charge in [0, 0.05) is 10.7 Å². The monoisotopic (exact) mass is 405 g/mol. The molecule has 0 fully saturated rings. The van der Waals surface area contributed by atoms with Crippen LogP contribution in [-0.2, 0) is 6.54 Å². The first-order valence-corrected chi connectivity index (χ1v) is 9.22. The number of aromatic nitrogens is 2. The van der Waals surface area contributed by atoms with Crippen LogP contribution in [0.25, 0.3) is 11.0 Å². The van der Waals surface area contributed by atoms with Crippen LogP contribution in [0.3, 0.4) is 0 Å². The van der Waals surface area contributed by atoms with Crippen LogP contribution in [0.15, 0.2) is 77.7 Å². The van der Waals surface area contributed by atoms with Crippen LogP contribution in [0, 0.1) is 0 Å². The fraction of sp³-hybridized carbons (Fsp3) is 0.0455. The van der Waals surface area contributed by atoms with Crippen molar-refractivity contribution in [1.29, 1.82) is 0 Å². The van der Waals surface area contributed by atoms with Gasteiger partial charge in [0.25, 0.3) is 5.56 Å². The molecule has 6 nitrogen and oxygen atoms in total.